The maximum atomic E-state index is 5.79. The van der Waals surface area contributed by atoms with E-state index in [1.807, 2.05) is 0 Å². The Morgan fingerprint density at radius 1 is 1.27 bits per heavy atom. The molecule has 0 saturated heterocycles. The minimum atomic E-state index is 0.592. The summed E-state index contributed by atoms with van der Waals surface area (Å²) in [6, 6.07) is 3.49. The second kappa shape index (κ2) is 2.39. The number of hydrogen-bond acceptors (Lipinski definition) is 3. The SMILES string of the molecule is Sc1cc2n[nH]nc2cc1Cl. The van der Waals surface area contributed by atoms with Gasteiger partial charge >= 0.3 is 0 Å². The predicted octanol–water partition coefficient (Wildman–Crippen LogP) is 1.90. The fourth-order valence-electron chi connectivity index (χ4n) is 0.852. The van der Waals surface area contributed by atoms with Crippen molar-refractivity contribution >= 4 is 35.3 Å². The van der Waals surface area contributed by atoms with Crippen LogP contribution in [0.25, 0.3) is 11.0 Å². The second-order valence-corrected chi connectivity index (χ2v) is 3.00. The molecule has 0 aliphatic rings. The van der Waals surface area contributed by atoms with Gasteiger partial charge in [-0.15, -0.1) is 12.6 Å². The van der Waals surface area contributed by atoms with Gasteiger partial charge < -0.3 is 0 Å². The number of nitrogens with zero attached hydrogens (tertiary/aromatic N) is 2. The number of aromatic amines is 1. The van der Waals surface area contributed by atoms with Crippen molar-refractivity contribution < 1.29 is 0 Å². The number of benzene rings is 1. The van der Waals surface area contributed by atoms with Gasteiger partial charge in [-0.2, -0.15) is 15.4 Å². The van der Waals surface area contributed by atoms with E-state index in [2.05, 4.69) is 28.0 Å². The van der Waals surface area contributed by atoms with E-state index >= 15 is 0 Å². The van der Waals surface area contributed by atoms with Crippen LogP contribution in [0.1, 0.15) is 0 Å². The fraction of sp³-hybridized carbons (Fsp3) is 0. The van der Waals surface area contributed by atoms with Crippen LogP contribution >= 0.6 is 24.2 Å². The van der Waals surface area contributed by atoms with E-state index in [1.165, 1.54) is 0 Å². The molecule has 0 radical (unpaired) electrons. The van der Waals surface area contributed by atoms with Gasteiger partial charge in [0.25, 0.3) is 0 Å². The Morgan fingerprint density at radius 3 is 2.64 bits per heavy atom. The number of thiol groups is 1. The van der Waals surface area contributed by atoms with Gasteiger partial charge in [-0.3, -0.25) is 0 Å². The average molecular weight is 186 g/mol. The van der Waals surface area contributed by atoms with E-state index in [0.717, 1.165) is 11.0 Å². The Hall–Kier alpha value is -0.740. The number of halogens is 1. The average Bonchev–Trinajstić information content (AvgIpc) is 2.36. The van der Waals surface area contributed by atoms with Crippen molar-refractivity contribution in [1.29, 1.82) is 0 Å². The highest BCUT2D eigenvalue weighted by Gasteiger charge is 2.01. The molecule has 3 nitrogen and oxygen atoms in total. The van der Waals surface area contributed by atoms with Crippen molar-refractivity contribution in [2.45, 2.75) is 4.90 Å². The molecule has 0 unspecified atom stereocenters. The molecular formula is C6H4ClN3S. The summed E-state index contributed by atoms with van der Waals surface area (Å²) in [5.41, 5.74) is 1.53. The van der Waals surface area contributed by atoms with Crippen LogP contribution < -0.4 is 0 Å². The first-order valence-corrected chi connectivity index (χ1v) is 3.79. The normalized spacial score (nSPS) is 10.7. The van der Waals surface area contributed by atoms with Crippen molar-refractivity contribution in [2.24, 2.45) is 0 Å². The highest BCUT2D eigenvalue weighted by molar-refractivity contribution is 7.80. The van der Waals surface area contributed by atoms with Crippen LogP contribution in [0.4, 0.5) is 0 Å². The number of hydrogen-bond donors (Lipinski definition) is 2. The topological polar surface area (TPSA) is 41.6 Å². The first-order chi connectivity index (χ1) is 5.27. The molecule has 1 N–H and O–H groups in total. The van der Waals surface area contributed by atoms with Crippen LogP contribution in [-0.4, -0.2) is 15.4 Å². The Balaban J connectivity index is 2.86. The molecular weight excluding hydrogens is 182 g/mol. The number of aromatic nitrogens is 3. The van der Waals surface area contributed by atoms with Crippen molar-refractivity contribution in [1.82, 2.24) is 15.4 Å². The molecule has 0 amide bonds. The van der Waals surface area contributed by atoms with Gasteiger partial charge in [-0.25, -0.2) is 0 Å². The molecule has 1 aromatic carbocycles. The first kappa shape index (κ1) is 6.94. The van der Waals surface area contributed by atoms with Crippen LogP contribution in [-0.2, 0) is 0 Å². The van der Waals surface area contributed by atoms with Crippen molar-refractivity contribution in [3.8, 4) is 0 Å². The molecule has 11 heavy (non-hydrogen) atoms. The summed E-state index contributed by atoms with van der Waals surface area (Å²) in [7, 11) is 0. The van der Waals surface area contributed by atoms with E-state index in [0.29, 0.717) is 9.92 Å². The minimum absolute atomic E-state index is 0.592. The zero-order valence-electron chi connectivity index (χ0n) is 5.37. The van der Waals surface area contributed by atoms with Crippen molar-refractivity contribution in [3.63, 3.8) is 0 Å². The van der Waals surface area contributed by atoms with Crippen LogP contribution in [0.2, 0.25) is 5.02 Å². The molecule has 56 valence electrons. The van der Waals surface area contributed by atoms with Crippen molar-refractivity contribution in [2.75, 3.05) is 0 Å². The quantitative estimate of drug-likeness (QED) is 0.616. The third-order valence-electron chi connectivity index (χ3n) is 1.38. The van der Waals surface area contributed by atoms with Gasteiger partial charge in [0, 0.05) is 4.90 Å². The lowest BCUT2D eigenvalue weighted by Crippen LogP contribution is -1.72. The Morgan fingerprint density at radius 2 is 1.91 bits per heavy atom. The Kier molecular flexibility index (Phi) is 1.51. The predicted molar refractivity (Wildman–Crippen MR) is 46.2 cm³/mol. The molecule has 0 atom stereocenters. The van der Waals surface area contributed by atoms with E-state index in [9.17, 15) is 0 Å². The summed E-state index contributed by atoms with van der Waals surface area (Å²) in [5, 5.41) is 10.8. The summed E-state index contributed by atoms with van der Waals surface area (Å²) in [6.07, 6.45) is 0. The number of rotatable bonds is 0. The molecule has 0 aliphatic heterocycles. The molecule has 1 aromatic heterocycles. The highest BCUT2D eigenvalue weighted by Crippen LogP contribution is 2.23. The molecule has 0 aliphatic carbocycles. The molecule has 2 rings (SSSR count). The summed E-state index contributed by atoms with van der Waals surface area (Å²) < 4.78 is 0. The maximum Gasteiger partial charge on any atom is 0.114 e. The van der Waals surface area contributed by atoms with Crippen LogP contribution in [0.15, 0.2) is 17.0 Å². The molecule has 2 aromatic rings. The molecule has 1 heterocycles. The molecule has 5 heteroatoms. The fourth-order valence-corrected chi connectivity index (χ4v) is 1.20. The van der Waals surface area contributed by atoms with Gasteiger partial charge in [0.15, 0.2) is 0 Å². The van der Waals surface area contributed by atoms with Crippen LogP contribution in [0.3, 0.4) is 0 Å². The lowest BCUT2D eigenvalue weighted by Gasteiger charge is -1.92. The van der Waals surface area contributed by atoms with E-state index in [4.69, 9.17) is 11.6 Å². The number of nitrogens with one attached hydrogen (secondary N) is 1. The largest absolute Gasteiger partial charge is 0.197 e. The van der Waals surface area contributed by atoms with Gasteiger partial charge in [-0.05, 0) is 12.1 Å². The van der Waals surface area contributed by atoms with Crippen LogP contribution in [0.5, 0.6) is 0 Å². The maximum absolute atomic E-state index is 5.79. The summed E-state index contributed by atoms with van der Waals surface area (Å²) in [6.45, 7) is 0. The Bertz CT molecular complexity index is 362. The van der Waals surface area contributed by atoms with Gasteiger partial charge in [0.05, 0.1) is 5.02 Å². The monoisotopic (exact) mass is 185 g/mol. The zero-order valence-corrected chi connectivity index (χ0v) is 7.02. The third-order valence-corrected chi connectivity index (χ3v) is 2.20. The molecule has 0 spiro atoms. The smallest absolute Gasteiger partial charge is 0.114 e. The third kappa shape index (κ3) is 1.08. The van der Waals surface area contributed by atoms with Gasteiger partial charge in [0.2, 0.25) is 0 Å². The summed E-state index contributed by atoms with van der Waals surface area (Å²) >= 11 is 9.92. The van der Waals surface area contributed by atoms with Crippen LogP contribution in [0, 0.1) is 0 Å². The zero-order chi connectivity index (χ0) is 7.84. The Labute approximate surface area is 73.2 Å². The van der Waals surface area contributed by atoms with Gasteiger partial charge in [-0.1, -0.05) is 11.6 Å². The summed E-state index contributed by atoms with van der Waals surface area (Å²) in [5.74, 6) is 0. The molecule has 0 saturated carbocycles. The standard InChI is InChI=1S/C6H4ClN3S/c7-3-1-4-5(2-6(3)11)9-10-8-4/h1-2,11H,(H,8,9,10). The minimum Gasteiger partial charge on any atom is -0.197 e. The van der Waals surface area contributed by atoms with Crippen molar-refractivity contribution in [3.05, 3.63) is 17.2 Å². The number of fused-ring (bicyclic) bond motifs is 1. The highest BCUT2D eigenvalue weighted by atomic mass is 35.5. The molecule has 0 fully saturated rings. The van der Waals surface area contributed by atoms with E-state index in [-0.39, 0.29) is 0 Å². The second-order valence-electron chi connectivity index (χ2n) is 2.12. The first-order valence-electron chi connectivity index (χ1n) is 2.96. The summed E-state index contributed by atoms with van der Waals surface area (Å²) in [4.78, 5) is 0.716. The lowest BCUT2D eigenvalue weighted by atomic mass is 10.3. The number of H-pyrrole nitrogens is 1. The van der Waals surface area contributed by atoms with E-state index in [1.54, 1.807) is 12.1 Å². The lowest BCUT2D eigenvalue weighted by molar-refractivity contribution is 0.959. The molecule has 0 bridgehead atoms. The van der Waals surface area contributed by atoms with Gasteiger partial charge in [0.1, 0.15) is 11.0 Å². The van der Waals surface area contributed by atoms with E-state index < -0.39 is 0 Å².